The van der Waals surface area contributed by atoms with Gasteiger partial charge in [0, 0.05) is 0 Å². The molecular weight excluding hydrogens is 231 g/mol. The lowest BCUT2D eigenvalue weighted by Crippen LogP contribution is -2.02. The minimum Gasteiger partial charge on any atom is -0.493 e. The van der Waals surface area contributed by atoms with Crippen LogP contribution in [0.2, 0.25) is 0 Å². The van der Waals surface area contributed by atoms with E-state index in [2.05, 4.69) is 6.92 Å². The van der Waals surface area contributed by atoms with Crippen molar-refractivity contribution in [3.63, 3.8) is 0 Å². The van der Waals surface area contributed by atoms with Gasteiger partial charge in [0.15, 0.2) is 0 Å². The van der Waals surface area contributed by atoms with Gasteiger partial charge in [-0.2, -0.15) is 0 Å². The molecule has 0 aliphatic heterocycles. The molecule has 0 aliphatic rings. The van der Waals surface area contributed by atoms with Crippen LogP contribution < -0.4 is 4.74 Å². The fourth-order valence-electron chi connectivity index (χ4n) is 1.32. The van der Waals surface area contributed by atoms with E-state index in [1.807, 2.05) is 0 Å². The van der Waals surface area contributed by atoms with Gasteiger partial charge in [-0.1, -0.05) is 19.8 Å². The van der Waals surface area contributed by atoms with Crippen molar-refractivity contribution in [2.24, 2.45) is 0 Å². The van der Waals surface area contributed by atoms with Crippen LogP contribution in [-0.4, -0.2) is 11.8 Å². The summed E-state index contributed by atoms with van der Waals surface area (Å²) in [5.41, 5.74) is 0.0816. The summed E-state index contributed by atoms with van der Waals surface area (Å²) in [7, 11) is 0. The van der Waals surface area contributed by atoms with Gasteiger partial charge < -0.3 is 4.74 Å². The fourth-order valence-corrected chi connectivity index (χ4v) is 1.46. The first-order valence-corrected chi connectivity index (χ1v) is 5.65. The molecule has 0 saturated carbocycles. The molecule has 0 heterocycles. The van der Waals surface area contributed by atoms with Crippen molar-refractivity contribution in [1.29, 1.82) is 0 Å². The van der Waals surface area contributed by atoms with Crippen molar-refractivity contribution >= 4 is 16.8 Å². The Labute approximate surface area is 99.4 Å². The second-order valence-corrected chi connectivity index (χ2v) is 3.81. The standard InChI is InChI=1S/C12H14ClFO2/c1-2-3-4-7-16-11-6-5-9(14)8-10(11)12(13)15/h5-6,8H,2-4,7H2,1H3. The normalized spacial score (nSPS) is 10.2. The number of rotatable bonds is 6. The van der Waals surface area contributed by atoms with Crippen molar-refractivity contribution < 1.29 is 13.9 Å². The molecule has 88 valence electrons. The van der Waals surface area contributed by atoms with Gasteiger partial charge in [-0.25, -0.2) is 4.39 Å². The van der Waals surface area contributed by atoms with Crippen LogP contribution in [0.5, 0.6) is 5.75 Å². The topological polar surface area (TPSA) is 26.3 Å². The van der Waals surface area contributed by atoms with Crippen LogP contribution in [0.15, 0.2) is 18.2 Å². The maximum Gasteiger partial charge on any atom is 0.256 e. The first-order valence-electron chi connectivity index (χ1n) is 5.27. The summed E-state index contributed by atoms with van der Waals surface area (Å²) in [5.74, 6) is -0.151. The number of hydrogen-bond acceptors (Lipinski definition) is 2. The maximum atomic E-state index is 12.9. The summed E-state index contributed by atoms with van der Waals surface area (Å²) in [5, 5.41) is -0.704. The first kappa shape index (κ1) is 13.0. The molecule has 0 N–H and O–H groups in total. The van der Waals surface area contributed by atoms with Gasteiger partial charge in [0.2, 0.25) is 0 Å². The number of hydrogen-bond donors (Lipinski definition) is 0. The predicted molar refractivity (Wildman–Crippen MR) is 61.6 cm³/mol. The van der Waals surface area contributed by atoms with Crippen LogP contribution in [0.3, 0.4) is 0 Å². The summed E-state index contributed by atoms with van der Waals surface area (Å²) < 4.78 is 18.3. The van der Waals surface area contributed by atoms with E-state index in [4.69, 9.17) is 16.3 Å². The molecule has 0 saturated heterocycles. The number of ether oxygens (including phenoxy) is 1. The van der Waals surface area contributed by atoms with E-state index < -0.39 is 11.1 Å². The molecule has 1 rings (SSSR count). The van der Waals surface area contributed by atoms with Gasteiger partial charge in [-0.15, -0.1) is 0 Å². The average Bonchev–Trinajstić information content (AvgIpc) is 2.26. The van der Waals surface area contributed by atoms with Gasteiger partial charge >= 0.3 is 0 Å². The van der Waals surface area contributed by atoms with Gasteiger partial charge in [0.05, 0.1) is 12.2 Å². The van der Waals surface area contributed by atoms with Crippen LogP contribution in [0.4, 0.5) is 4.39 Å². The molecule has 0 aliphatic carbocycles. The van der Waals surface area contributed by atoms with Gasteiger partial charge in [0.1, 0.15) is 11.6 Å². The van der Waals surface area contributed by atoms with E-state index in [0.29, 0.717) is 12.4 Å². The van der Waals surface area contributed by atoms with Gasteiger partial charge in [-0.3, -0.25) is 4.79 Å². The molecule has 2 nitrogen and oxygen atoms in total. The minimum absolute atomic E-state index is 0.0816. The number of unbranched alkanes of at least 4 members (excludes halogenated alkanes) is 2. The van der Waals surface area contributed by atoms with E-state index in [-0.39, 0.29) is 5.56 Å². The van der Waals surface area contributed by atoms with Gasteiger partial charge in [-0.05, 0) is 36.2 Å². The Morgan fingerprint density at radius 2 is 2.19 bits per heavy atom. The molecule has 0 bridgehead atoms. The van der Waals surface area contributed by atoms with Crippen LogP contribution in [-0.2, 0) is 0 Å². The number of carbonyl (C=O) groups is 1. The highest BCUT2D eigenvalue weighted by Gasteiger charge is 2.11. The highest BCUT2D eigenvalue weighted by atomic mass is 35.5. The largest absolute Gasteiger partial charge is 0.493 e. The zero-order valence-electron chi connectivity index (χ0n) is 9.13. The Morgan fingerprint density at radius 1 is 1.44 bits per heavy atom. The summed E-state index contributed by atoms with van der Waals surface area (Å²) in [6.07, 6.45) is 3.06. The lowest BCUT2D eigenvalue weighted by atomic mass is 10.2. The van der Waals surface area contributed by atoms with Gasteiger partial charge in [0.25, 0.3) is 5.24 Å². The molecule has 1 aromatic carbocycles. The number of carbonyl (C=O) groups excluding carboxylic acids is 1. The Kier molecular flexibility index (Phi) is 5.26. The summed E-state index contributed by atoms with van der Waals surface area (Å²) in [6, 6.07) is 3.76. The lowest BCUT2D eigenvalue weighted by Gasteiger charge is -2.08. The van der Waals surface area contributed by atoms with E-state index in [1.54, 1.807) is 0 Å². The Hall–Kier alpha value is -1.09. The molecule has 0 unspecified atom stereocenters. The molecule has 4 heteroatoms. The summed E-state index contributed by atoms with van der Waals surface area (Å²) >= 11 is 5.33. The zero-order chi connectivity index (χ0) is 12.0. The molecule has 0 aromatic heterocycles. The zero-order valence-corrected chi connectivity index (χ0v) is 9.89. The Morgan fingerprint density at radius 3 is 2.81 bits per heavy atom. The lowest BCUT2D eigenvalue weighted by molar-refractivity contribution is 0.107. The molecule has 0 radical (unpaired) electrons. The first-order chi connectivity index (χ1) is 7.65. The number of benzene rings is 1. The fraction of sp³-hybridized carbons (Fsp3) is 0.417. The second kappa shape index (κ2) is 6.48. The van der Waals surface area contributed by atoms with E-state index >= 15 is 0 Å². The van der Waals surface area contributed by atoms with Crippen molar-refractivity contribution in [2.45, 2.75) is 26.2 Å². The van der Waals surface area contributed by atoms with Crippen LogP contribution in [0.25, 0.3) is 0 Å². The molecule has 0 amide bonds. The Balaban J connectivity index is 2.67. The third-order valence-corrected chi connectivity index (χ3v) is 2.36. The average molecular weight is 245 g/mol. The molecule has 1 aromatic rings. The molecule has 0 spiro atoms. The Bertz CT molecular complexity index is 366. The maximum absolute atomic E-state index is 12.9. The SMILES string of the molecule is CCCCCOc1ccc(F)cc1C(=O)Cl. The van der Waals surface area contributed by atoms with Crippen molar-refractivity contribution in [3.05, 3.63) is 29.6 Å². The third kappa shape index (κ3) is 3.81. The minimum atomic E-state index is -0.704. The van der Waals surface area contributed by atoms with E-state index in [0.717, 1.165) is 25.3 Å². The van der Waals surface area contributed by atoms with Crippen molar-refractivity contribution in [1.82, 2.24) is 0 Å². The quantitative estimate of drug-likeness (QED) is 0.562. The van der Waals surface area contributed by atoms with Crippen LogP contribution in [0, 0.1) is 5.82 Å². The monoisotopic (exact) mass is 244 g/mol. The molecule has 16 heavy (non-hydrogen) atoms. The highest BCUT2D eigenvalue weighted by Crippen LogP contribution is 2.21. The molecule has 0 atom stereocenters. The summed E-state index contributed by atoms with van der Waals surface area (Å²) in [6.45, 7) is 2.60. The smallest absolute Gasteiger partial charge is 0.256 e. The van der Waals surface area contributed by atoms with E-state index in [1.165, 1.54) is 12.1 Å². The second-order valence-electron chi connectivity index (χ2n) is 3.47. The third-order valence-electron chi connectivity index (χ3n) is 2.16. The predicted octanol–water partition coefficient (Wildman–Crippen LogP) is 3.77. The number of halogens is 2. The summed E-state index contributed by atoms with van der Waals surface area (Å²) in [4.78, 5) is 11.0. The van der Waals surface area contributed by atoms with E-state index in [9.17, 15) is 9.18 Å². The molecule has 0 fully saturated rings. The van der Waals surface area contributed by atoms with Crippen molar-refractivity contribution in [3.8, 4) is 5.75 Å². The highest BCUT2D eigenvalue weighted by molar-refractivity contribution is 6.68. The molecular formula is C12H14ClFO2. The van der Waals surface area contributed by atoms with Crippen LogP contribution in [0.1, 0.15) is 36.5 Å². The van der Waals surface area contributed by atoms with Crippen LogP contribution >= 0.6 is 11.6 Å². The van der Waals surface area contributed by atoms with Crippen molar-refractivity contribution in [2.75, 3.05) is 6.61 Å².